The number of alkyl halides is 3. The van der Waals surface area contributed by atoms with Crippen LogP contribution in [0.25, 0.3) is 0 Å². The van der Waals surface area contributed by atoms with Crippen molar-refractivity contribution in [3.63, 3.8) is 0 Å². The van der Waals surface area contributed by atoms with Gasteiger partial charge < -0.3 is 14.7 Å². The molecule has 0 saturated heterocycles. The first-order chi connectivity index (χ1) is 13.8. The zero-order valence-electron chi connectivity index (χ0n) is 15.7. The van der Waals surface area contributed by atoms with Gasteiger partial charge in [0.15, 0.2) is 5.71 Å². The predicted molar refractivity (Wildman–Crippen MR) is 101 cm³/mol. The highest BCUT2D eigenvalue weighted by atomic mass is 19.4. The van der Waals surface area contributed by atoms with E-state index in [1.807, 2.05) is 0 Å². The zero-order chi connectivity index (χ0) is 21.4. The maximum atomic E-state index is 12.8. The van der Waals surface area contributed by atoms with Gasteiger partial charge in [0, 0.05) is 11.1 Å². The second-order valence-electron chi connectivity index (χ2n) is 5.83. The maximum absolute atomic E-state index is 12.8. The van der Waals surface area contributed by atoms with E-state index in [0.29, 0.717) is 11.1 Å². The summed E-state index contributed by atoms with van der Waals surface area (Å²) in [6.07, 6.45) is -4.45. The summed E-state index contributed by atoms with van der Waals surface area (Å²) in [7, 11) is 1.19. The number of methoxy groups -OCH3 is 1. The zero-order valence-corrected chi connectivity index (χ0v) is 15.7. The van der Waals surface area contributed by atoms with Crippen molar-refractivity contribution in [3.8, 4) is 0 Å². The Morgan fingerprint density at radius 3 is 2.52 bits per heavy atom. The second kappa shape index (κ2) is 9.83. The molecule has 2 aromatic carbocycles. The Hall–Kier alpha value is -3.20. The third-order valence-electron chi connectivity index (χ3n) is 3.91. The number of esters is 1. The molecule has 0 aliphatic rings. The van der Waals surface area contributed by atoms with E-state index in [-0.39, 0.29) is 23.6 Å². The molecule has 0 fully saturated rings. The van der Waals surface area contributed by atoms with Gasteiger partial charge in [0.25, 0.3) is 0 Å². The summed E-state index contributed by atoms with van der Waals surface area (Å²) in [4.78, 5) is 20.9. The summed E-state index contributed by atoms with van der Waals surface area (Å²) in [5, 5.41) is 12.9. The van der Waals surface area contributed by atoms with Gasteiger partial charge in [-0.3, -0.25) is 0 Å². The molecule has 0 spiro atoms. The Labute approximate surface area is 165 Å². The topological polar surface area (TPSA) is 80.5 Å². The quantitative estimate of drug-likeness (QED) is 0.432. The Bertz CT molecular complexity index is 924. The maximum Gasteiger partial charge on any atom is 0.416 e. The van der Waals surface area contributed by atoms with Gasteiger partial charge in [-0.2, -0.15) is 13.2 Å². The standard InChI is InChI=1S/C20H19F3N2O4/c1-13(14-7-5-8-16(10-14)20(21,22)23)25-29-11-15-6-3-4-9-17(15)18(24-12-26)19(27)28-2/h3-10,26H,11-12H2,1-2H3. The van der Waals surface area contributed by atoms with Crippen LogP contribution in [0.4, 0.5) is 13.2 Å². The molecule has 0 atom stereocenters. The molecule has 9 heteroatoms. The largest absolute Gasteiger partial charge is 0.464 e. The summed E-state index contributed by atoms with van der Waals surface area (Å²) in [6, 6.07) is 11.4. The molecule has 2 rings (SSSR count). The number of carbonyl (C=O) groups excluding carboxylic acids is 1. The van der Waals surface area contributed by atoms with Gasteiger partial charge in [0.2, 0.25) is 0 Å². The van der Waals surface area contributed by atoms with Crippen molar-refractivity contribution in [1.82, 2.24) is 0 Å². The molecular weight excluding hydrogens is 389 g/mol. The van der Waals surface area contributed by atoms with Crippen LogP contribution in [0.1, 0.15) is 29.2 Å². The number of halogens is 3. The van der Waals surface area contributed by atoms with Crippen LogP contribution >= 0.6 is 0 Å². The molecule has 0 radical (unpaired) electrons. The van der Waals surface area contributed by atoms with E-state index in [4.69, 9.17) is 9.94 Å². The lowest BCUT2D eigenvalue weighted by atomic mass is 10.0. The molecule has 0 amide bonds. The van der Waals surface area contributed by atoms with E-state index in [2.05, 4.69) is 14.9 Å². The van der Waals surface area contributed by atoms with E-state index in [1.54, 1.807) is 24.3 Å². The van der Waals surface area contributed by atoms with Crippen LogP contribution in [-0.2, 0) is 27.2 Å². The summed E-state index contributed by atoms with van der Waals surface area (Å²) < 4.78 is 43.2. The monoisotopic (exact) mass is 408 g/mol. The van der Waals surface area contributed by atoms with E-state index in [1.165, 1.54) is 26.2 Å². The number of aliphatic hydroxyl groups excluding tert-OH is 1. The van der Waals surface area contributed by atoms with Crippen molar-refractivity contribution in [2.45, 2.75) is 19.7 Å². The molecule has 0 aliphatic heterocycles. The van der Waals surface area contributed by atoms with E-state index >= 15 is 0 Å². The molecule has 0 heterocycles. The normalized spacial score (nSPS) is 12.6. The molecular formula is C20H19F3N2O4. The molecule has 0 aromatic heterocycles. The minimum absolute atomic E-state index is 0.0755. The fourth-order valence-corrected chi connectivity index (χ4v) is 2.48. The van der Waals surface area contributed by atoms with Crippen molar-refractivity contribution in [2.24, 2.45) is 10.1 Å². The van der Waals surface area contributed by atoms with Gasteiger partial charge in [0.05, 0.1) is 18.4 Å². The van der Waals surface area contributed by atoms with E-state index < -0.39 is 24.4 Å². The van der Waals surface area contributed by atoms with Crippen molar-refractivity contribution in [1.29, 1.82) is 0 Å². The number of nitrogens with zero attached hydrogens (tertiary/aromatic N) is 2. The highest BCUT2D eigenvalue weighted by Gasteiger charge is 2.30. The van der Waals surface area contributed by atoms with Crippen LogP contribution in [0, 0.1) is 0 Å². The van der Waals surface area contributed by atoms with Gasteiger partial charge in [-0.15, -0.1) is 0 Å². The number of aliphatic hydroxyl groups is 1. The van der Waals surface area contributed by atoms with Crippen LogP contribution in [0.3, 0.4) is 0 Å². The van der Waals surface area contributed by atoms with Gasteiger partial charge in [-0.05, 0) is 24.6 Å². The lowest BCUT2D eigenvalue weighted by Gasteiger charge is -2.11. The fraction of sp³-hybridized carbons (Fsp3) is 0.250. The predicted octanol–water partition coefficient (Wildman–Crippen LogP) is 3.56. The lowest BCUT2D eigenvalue weighted by molar-refractivity contribution is -0.137. The molecule has 0 aliphatic carbocycles. The number of hydrogen-bond donors (Lipinski definition) is 1. The summed E-state index contributed by atoms with van der Waals surface area (Å²) in [5.74, 6) is -0.727. The molecule has 1 N–H and O–H groups in total. The minimum Gasteiger partial charge on any atom is -0.464 e. The lowest BCUT2D eigenvalue weighted by Crippen LogP contribution is -2.19. The van der Waals surface area contributed by atoms with Crippen molar-refractivity contribution in [3.05, 3.63) is 70.8 Å². The molecule has 0 unspecified atom stereocenters. The summed E-state index contributed by atoms with van der Waals surface area (Å²) in [6.45, 7) is 0.842. The Morgan fingerprint density at radius 1 is 1.14 bits per heavy atom. The van der Waals surface area contributed by atoms with E-state index in [9.17, 15) is 18.0 Å². The average Bonchev–Trinajstić information content (AvgIpc) is 2.71. The second-order valence-corrected chi connectivity index (χ2v) is 5.83. The number of hydrogen-bond acceptors (Lipinski definition) is 6. The van der Waals surface area contributed by atoms with Crippen LogP contribution in [0.15, 0.2) is 58.7 Å². The Balaban J connectivity index is 2.21. The third-order valence-corrected chi connectivity index (χ3v) is 3.91. The SMILES string of the molecule is COC(=O)C(=NCO)c1ccccc1CON=C(C)c1cccc(C(F)(F)F)c1. The molecule has 2 aromatic rings. The van der Waals surface area contributed by atoms with Gasteiger partial charge >= 0.3 is 12.1 Å². The number of aliphatic imine (C=N–C) groups is 1. The number of ether oxygens (including phenoxy) is 1. The number of carbonyl (C=O) groups is 1. The first-order valence-corrected chi connectivity index (χ1v) is 8.44. The van der Waals surface area contributed by atoms with Crippen LogP contribution in [0.5, 0.6) is 0 Å². The van der Waals surface area contributed by atoms with Crippen molar-refractivity contribution < 1.29 is 32.6 Å². The van der Waals surface area contributed by atoms with E-state index in [0.717, 1.165) is 12.1 Å². The van der Waals surface area contributed by atoms with Crippen LogP contribution in [-0.4, -0.2) is 36.3 Å². The smallest absolute Gasteiger partial charge is 0.416 e. The van der Waals surface area contributed by atoms with Crippen LogP contribution < -0.4 is 0 Å². The molecule has 0 bridgehead atoms. The molecule has 29 heavy (non-hydrogen) atoms. The first kappa shape index (κ1) is 22.1. The minimum atomic E-state index is -4.45. The van der Waals surface area contributed by atoms with Crippen LogP contribution in [0.2, 0.25) is 0 Å². The number of oxime groups is 1. The van der Waals surface area contributed by atoms with Crippen molar-refractivity contribution >= 4 is 17.4 Å². The number of benzene rings is 2. The summed E-state index contributed by atoms with van der Waals surface area (Å²) >= 11 is 0. The third kappa shape index (κ3) is 5.89. The molecule has 0 saturated carbocycles. The first-order valence-electron chi connectivity index (χ1n) is 8.44. The average molecular weight is 408 g/mol. The highest BCUT2D eigenvalue weighted by Crippen LogP contribution is 2.29. The van der Waals surface area contributed by atoms with Gasteiger partial charge in [0.1, 0.15) is 13.3 Å². The van der Waals surface area contributed by atoms with Crippen molar-refractivity contribution in [2.75, 3.05) is 13.8 Å². The molecule has 154 valence electrons. The Kier molecular flexibility index (Phi) is 7.49. The molecule has 6 nitrogen and oxygen atoms in total. The van der Waals surface area contributed by atoms with Gasteiger partial charge in [-0.25, -0.2) is 9.79 Å². The summed E-state index contributed by atoms with van der Waals surface area (Å²) in [5.41, 5.74) is 0.590. The highest BCUT2D eigenvalue weighted by molar-refractivity contribution is 6.43. The van der Waals surface area contributed by atoms with Gasteiger partial charge in [-0.1, -0.05) is 41.6 Å². The Morgan fingerprint density at radius 2 is 1.86 bits per heavy atom. The fourth-order valence-electron chi connectivity index (χ4n) is 2.48. The number of rotatable bonds is 7.